The van der Waals surface area contributed by atoms with E-state index in [2.05, 4.69) is 4.74 Å². The van der Waals surface area contributed by atoms with Gasteiger partial charge in [0.1, 0.15) is 5.60 Å². The van der Waals surface area contributed by atoms with Gasteiger partial charge in [-0.15, -0.1) is 0 Å². The summed E-state index contributed by atoms with van der Waals surface area (Å²) in [6.07, 6.45) is -13.2. The third kappa shape index (κ3) is 9.00. The number of hydrogen-bond donors (Lipinski definition) is 0. The molecule has 0 amide bonds. The Morgan fingerprint density at radius 2 is 1.36 bits per heavy atom. The Kier molecular flexibility index (Phi) is 9.33. The van der Waals surface area contributed by atoms with Crippen molar-refractivity contribution in [1.29, 1.82) is 0 Å². The van der Waals surface area contributed by atoms with E-state index >= 15 is 0 Å². The summed E-state index contributed by atoms with van der Waals surface area (Å²) in [6.45, 7) is 11.6. The monoisotopic (exact) mass is 490 g/mol. The summed E-state index contributed by atoms with van der Waals surface area (Å²) < 4.78 is 86.4. The van der Waals surface area contributed by atoms with E-state index in [0.717, 1.165) is 12.8 Å². The van der Waals surface area contributed by atoms with Crippen LogP contribution >= 0.6 is 0 Å². The van der Waals surface area contributed by atoms with Crippen molar-refractivity contribution in [1.82, 2.24) is 0 Å². The maximum atomic E-state index is 13.2. The highest BCUT2D eigenvalue weighted by molar-refractivity contribution is 5.76. The van der Waals surface area contributed by atoms with Gasteiger partial charge in [0.15, 0.2) is 0 Å². The Balaban J connectivity index is 3.12. The summed E-state index contributed by atoms with van der Waals surface area (Å²) in [4.78, 5) is 25.5. The van der Waals surface area contributed by atoms with Crippen LogP contribution in [0.5, 0.6) is 0 Å². The van der Waals surface area contributed by atoms with Gasteiger partial charge < -0.3 is 9.47 Å². The van der Waals surface area contributed by atoms with Crippen LogP contribution in [-0.2, 0) is 19.1 Å². The smallest absolute Gasteiger partial charge is 0.434 e. The maximum Gasteiger partial charge on any atom is 0.434 e. The van der Waals surface area contributed by atoms with Gasteiger partial charge in [-0.2, -0.15) is 26.3 Å². The van der Waals surface area contributed by atoms with Gasteiger partial charge in [0.05, 0.1) is 12.3 Å². The van der Waals surface area contributed by atoms with Crippen molar-refractivity contribution in [2.75, 3.05) is 0 Å². The summed E-state index contributed by atoms with van der Waals surface area (Å²) in [7, 11) is 0. The lowest BCUT2D eigenvalue weighted by Gasteiger charge is -2.41. The molecule has 0 aromatic heterocycles. The van der Waals surface area contributed by atoms with E-state index in [0.29, 0.717) is 19.3 Å². The lowest BCUT2D eigenvalue weighted by Crippen LogP contribution is -2.48. The zero-order valence-electron chi connectivity index (χ0n) is 20.2. The van der Waals surface area contributed by atoms with Crippen molar-refractivity contribution in [3.8, 4) is 0 Å². The zero-order valence-corrected chi connectivity index (χ0v) is 20.2. The molecule has 1 aliphatic carbocycles. The van der Waals surface area contributed by atoms with Crippen LogP contribution in [-0.4, -0.2) is 36.0 Å². The van der Waals surface area contributed by atoms with Gasteiger partial charge in [-0.25, -0.2) is 0 Å². The van der Waals surface area contributed by atoms with Crippen LogP contribution in [0.15, 0.2) is 0 Å². The molecule has 1 atom stereocenters. The molecule has 33 heavy (non-hydrogen) atoms. The van der Waals surface area contributed by atoms with E-state index in [1.807, 2.05) is 41.5 Å². The molecule has 0 aliphatic heterocycles. The first-order chi connectivity index (χ1) is 14.7. The third-order valence-electron chi connectivity index (χ3n) is 6.44. The van der Waals surface area contributed by atoms with Gasteiger partial charge in [-0.05, 0) is 42.9 Å². The van der Waals surface area contributed by atoms with E-state index in [4.69, 9.17) is 4.74 Å². The number of rotatable bonds is 8. The van der Waals surface area contributed by atoms with Crippen LogP contribution in [0, 0.1) is 16.7 Å². The number of ether oxygens (including phenoxy) is 2. The predicted octanol–water partition coefficient (Wildman–Crippen LogP) is 7.15. The molecule has 1 rings (SSSR count). The fourth-order valence-corrected chi connectivity index (χ4v) is 3.99. The number of carbonyl (C=O) groups excluding carboxylic acids is 2. The molecule has 10 heteroatoms. The second-order valence-electron chi connectivity index (χ2n) is 10.9. The molecule has 0 radical (unpaired) electrons. The lowest BCUT2D eigenvalue weighted by molar-refractivity contribution is -0.314. The van der Waals surface area contributed by atoms with Crippen LogP contribution in [0.2, 0.25) is 0 Å². The predicted molar refractivity (Wildman–Crippen MR) is 110 cm³/mol. The summed E-state index contributed by atoms with van der Waals surface area (Å²) in [5.74, 6) is -2.85. The molecular weight excluding hydrogens is 454 g/mol. The fourth-order valence-electron chi connectivity index (χ4n) is 3.99. The Morgan fingerprint density at radius 1 is 0.879 bits per heavy atom. The second kappa shape index (κ2) is 10.4. The van der Waals surface area contributed by atoms with E-state index < -0.39 is 53.7 Å². The first kappa shape index (κ1) is 29.6. The molecule has 0 N–H and O–H groups in total. The van der Waals surface area contributed by atoms with Crippen molar-refractivity contribution in [2.45, 2.75) is 117 Å². The molecule has 0 bridgehead atoms. The Morgan fingerprint density at radius 3 is 1.76 bits per heavy atom. The highest BCUT2D eigenvalue weighted by Crippen LogP contribution is 2.43. The average molecular weight is 491 g/mol. The normalized spacial score (nSPS) is 18.7. The van der Waals surface area contributed by atoms with E-state index in [1.165, 1.54) is 0 Å². The van der Waals surface area contributed by atoms with Crippen molar-refractivity contribution in [3.63, 3.8) is 0 Å². The van der Waals surface area contributed by atoms with Crippen LogP contribution in [0.25, 0.3) is 0 Å². The van der Waals surface area contributed by atoms with Crippen LogP contribution in [0.1, 0.15) is 92.9 Å². The van der Waals surface area contributed by atoms with E-state index in [9.17, 15) is 35.9 Å². The summed E-state index contributed by atoms with van der Waals surface area (Å²) in [5.41, 5.74) is -2.17. The number of alkyl halides is 6. The molecule has 1 fully saturated rings. The summed E-state index contributed by atoms with van der Waals surface area (Å²) in [6, 6.07) is 0. The molecule has 1 unspecified atom stereocenters. The van der Waals surface area contributed by atoms with Gasteiger partial charge in [0.25, 0.3) is 6.10 Å². The van der Waals surface area contributed by atoms with Gasteiger partial charge >= 0.3 is 24.3 Å². The minimum absolute atomic E-state index is 0.171. The lowest BCUT2D eigenvalue weighted by atomic mass is 9.70. The largest absolute Gasteiger partial charge is 0.458 e. The Bertz CT molecular complexity index is 656. The van der Waals surface area contributed by atoms with Gasteiger partial charge in [-0.1, -0.05) is 54.4 Å². The zero-order chi connectivity index (χ0) is 25.9. The molecule has 0 saturated heterocycles. The van der Waals surface area contributed by atoms with E-state index in [-0.39, 0.29) is 18.3 Å². The van der Waals surface area contributed by atoms with Crippen molar-refractivity contribution in [2.24, 2.45) is 16.7 Å². The minimum Gasteiger partial charge on any atom is -0.458 e. The number of halogens is 6. The molecular formula is C23H36F6O4. The molecule has 4 nitrogen and oxygen atoms in total. The number of hydrogen-bond acceptors (Lipinski definition) is 4. The topological polar surface area (TPSA) is 52.6 Å². The molecule has 1 aliphatic rings. The highest BCUT2D eigenvalue weighted by Gasteiger charge is 2.60. The third-order valence-corrected chi connectivity index (χ3v) is 6.44. The van der Waals surface area contributed by atoms with E-state index in [1.54, 1.807) is 0 Å². The molecule has 0 aromatic carbocycles. The minimum atomic E-state index is -5.80. The first-order valence-corrected chi connectivity index (χ1v) is 11.3. The van der Waals surface area contributed by atoms with Gasteiger partial charge in [0, 0.05) is 0 Å². The van der Waals surface area contributed by atoms with Crippen LogP contribution in [0.3, 0.4) is 0 Å². The standard InChI is InChI=1S/C23H36F6O4/c1-7-20(5,6)13-15(19(2,3)4)17(31)33-21(11-9-8-10-12-21)14-16(30)32-18(22(24,25)26)23(27,28)29/h15,18H,7-14H2,1-6H3. The van der Waals surface area contributed by atoms with Gasteiger partial charge in [-0.3, -0.25) is 9.59 Å². The fraction of sp³-hybridized carbons (Fsp3) is 0.913. The summed E-state index contributed by atoms with van der Waals surface area (Å²) >= 11 is 0. The molecule has 1 saturated carbocycles. The van der Waals surface area contributed by atoms with Crippen LogP contribution < -0.4 is 0 Å². The Labute approximate surface area is 191 Å². The number of esters is 2. The molecule has 0 heterocycles. The molecule has 0 aromatic rings. The SMILES string of the molecule is CCC(C)(C)CC(C(=O)OC1(CC(=O)OC(C(F)(F)F)C(F)(F)F)CCCCC1)C(C)(C)C. The molecule has 0 spiro atoms. The summed E-state index contributed by atoms with van der Waals surface area (Å²) in [5, 5.41) is 0. The van der Waals surface area contributed by atoms with Crippen molar-refractivity contribution in [3.05, 3.63) is 0 Å². The maximum absolute atomic E-state index is 13.2. The highest BCUT2D eigenvalue weighted by atomic mass is 19.4. The number of carbonyl (C=O) groups is 2. The Hall–Kier alpha value is -1.48. The van der Waals surface area contributed by atoms with Crippen molar-refractivity contribution >= 4 is 11.9 Å². The van der Waals surface area contributed by atoms with Crippen molar-refractivity contribution < 1.29 is 45.4 Å². The second-order valence-corrected chi connectivity index (χ2v) is 10.9. The first-order valence-electron chi connectivity index (χ1n) is 11.3. The van der Waals surface area contributed by atoms with Gasteiger partial charge in [0.2, 0.25) is 0 Å². The van der Waals surface area contributed by atoms with Crippen LogP contribution in [0.4, 0.5) is 26.3 Å². The molecule has 194 valence electrons. The average Bonchev–Trinajstić information content (AvgIpc) is 2.62. The quantitative estimate of drug-likeness (QED) is 0.268.